The molecule has 2 N–H and O–H groups in total. The van der Waals surface area contributed by atoms with Crippen LogP contribution in [0.3, 0.4) is 0 Å². The lowest BCUT2D eigenvalue weighted by atomic mass is 10.0. The lowest BCUT2D eigenvalue weighted by molar-refractivity contribution is -0.133. The van der Waals surface area contributed by atoms with Crippen molar-refractivity contribution in [3.63, 3.8) is 0 Å². The van der Waals surface area contributed by atoms with E-state index in [1.165, 1.54) is 11.8 Å². The number of carbonyl (C=O) groups excluding carboxylic acids is 1. The van der Waals surface area contributed by atoms with Crippen LogP contribution < -0.4 is 5.73 Å². The zero-order valence-electron chi connectivity index (χ0n) is 14.6. The number of rotatable bonds is 5. The topological polar surface area (TPSA) is 72.1 Å². The smallest absolute Gasteiger partial charge is 0.233 e. The minimum atomic E-state index is -0.264. The van der Waals surface area contributed by atoms with Gasteiger partial charge in [0.15, 0.2) is 5.16 Å². The van der Waals surface area contributed by atoms with Crippen molar-refractivity contribution in [2.45, 2.75) is 44.9 Å². The molecule has 0 saturated carbocycles. The van der Waals surface area contributed by atoms with Gasteiger partial charge in [0.2, 0.25) is 5.91 Å². The summed E-state index contributed by atoms with van der Waals surface area (Å²) in [5, 5.41) is 0.537. The van der Waals surface area contributed by atoms with Crippen molar-refractivity contribution in [3.8, 4) is 0 Å². The fourth-order valence-corrected chi connectivity index (χ4v) is 3.09. The number of carbonyl (C=O) groups is 1. The van der Waals surface area contributed by atoms with E-state index in [0.717, 1.165) is 11.3 Å². The summed E-state index contributed by atoms with van der Waals surface area (Å²) in [6.07, 6.45) is 0. The predicted octanol–water partition coefficient (Wildman–Crippen LogP) is 3.29. The van der Waals surface area contributed by atoms with Crippen LogP contribution in [-0.2, 0) is 11.3 Å². The molecule has 0 saturated heterocycles. The number of hydrogen-bond donors (Lipinski definition) is 1. The molecule has 6 heteroatoms. The number of benzene rings is 1. The maximum absolute atomic E-state index is 12.8. The first-order chi connectivity index (χ1) is 11.3. The van der Waals surface area contributed by atoms with Gasteiger partial charge >= 0.3 is 0 Å². The number of anilines is 1. The lowest BCUT2D eigenvalue weighted by Gasteiger charge is -2.36. The van der Waals surface area contributed by atoms with Crippen LogP contribution in [0.5, 0.6) is 0 Å². The molecule has 0 aliphatic rings. The molecule has 2 aromatic rings. The maximum Gasteiger partial charge on any atom is 0.233 e. The first kappa shape index (κ1) is 18.3. The van der Waals surface area contributed by atoms with Crippen molar-refractivity contribution in [1.29, 1.82) is 0 Å². The van der Waals surface area contributed by atoms with E-state index in [1.54, 1.807) is 6.07 Å². The number of nitrogens with two attached hydrogens (primary N) is 1. The third kappa shape index (κ3) is 5.23. The number of hydrogen-bond acceptors (Lipinski definition) is 5. The molecule has 0 fully saturated rings. The third-order valence-corrected chi connectivity index (χ3v) is 4.30. The Kier molecular flexibility index (Phi) is 5.83. The zero-order chi connectivity index (χ0) is 17.7. The molecule has 5 nitrogen and oxygen atoms in total. The van der Waals surface area contributed by atoms with Crippen molar-refractivity contribution in [1.82, 2.24) is 14.9 Å². The van der Waals surface area contributed by atoms with Crippen LogP contribution >= 0.6 is 11.8 Å². The van der Waals surface area contributed by atoms with Crippen LogP contribution in [0.1, 0.15) is 32.0 Å². The first-order valence-electron chi connectivity index (χ1n) is 7.84. The maximum atomic E-state index is 12.8. The number of aromatic nitrogens is 2. The molecule has 1 aromatic heterocycles. The molecule has 0 unspecified atom stereocenters. The molecule has 1 heterocycles. The number of thioether (sulfide) groups is 1. The van der Waals surface area contributed by atoms with Gasteiger partial charge in [-0.05, 0) is 33.3 Å². The minimum absolute atomic E-state index is 0.0556. The Morgan fingerprint density at radius 2 is 1.88 bits per heavy atom. The number of nitrogen functional groups attached to an aromatic ring is 1. The lowest BCUT2D eigenvalue weighted by Crippen LogP contribution is -2.45. The van der Waals surface area contributed by atoms with Gasteiger partial charge in [-0.2, -0.15) is 0 Å². The van der Waals surface area contributed by atoms with E-state index >= 15 is 0 Å². The van der Waals surface area contributed by atoms with Gasteiger partial charge < -0.3 is 10.6 Å². The van der Waals surface area contributed by atoms with Gasteiger partial charge in [0.05, 0.1) is 5.75 Å². The van der Waals surface area contributed by atoms with Gasteiger partial charge in [-0.1, -0.05) is 42.1 Å². The van der Waals surface area contributed by atoms with Crippen LogP contribution in [0.4, 0.5) is 5.82 Å². The normalized spacial score (nSPS) is 11.3. The Morgan fingerprint density at radius 3 is 2.46 bits per heavy atom. The van der Waals surface area contributed by atoms with Crippen molar-refractivity contribution in [2.24, 2.45) is 0 Å². The molecule has 128 valence electrons. The van der Waals surface area contributed by atoms with Gasteiger partial charge in [-0.25, -0.2) is 9.97 Å². The second-order valence-electron chi connectivity index (χ2n) is 6.64. The molecule has 2 rings (SSSR count). The molecule has 0 aliphatic carbocycles. The third-order valence-electron chi connectivity index (χ3n) is 3.47. The van der Waals surface area contributed by atoms with Gasteiger partial charge in [-0.15, -0.1) is 0 Å². The summed E-state index contributed by atoms with van der Waals surface area (Å²) in [5.74, 6) is 0.766. The van der Waals surface area contributed by atoms with Crippen molar-refractivity contribution < 1.29 is 4.79 Å². The highest BCUT2D eigenvalue weighted by Crippen LogP contribution is 2.21. The highest BCUT2D eigenvalue weighted by atomic mass is 32.2. The van der Waals surface area contributed by atoms with Gasteiger partial charge in [0.1, 0.15) is 5.82 Å². The van der Waals surface area contributed by atoms with Gasteiger partial charge in [-0.3, -0.25) is 4.79 Å². The Hall–Kier alpha value is -2.08. The number of amides is 1. The molecule has 0 spiro atoms. The summed E-state index contributed by atoms with van der Waals surface area (Å²) in [6, 6.07) is 11.7. The summed E-state index contributed by atoms with van der Waals surface area (Å²) in [7, 11) is 0. The molecule has 1 aromatic carbocycles. The van der Waals surface area contributed by atoms with Crippen molar-refractivity contribution in [2.75, 3.05) is 11.5 Å². The summed E-state index contributed by atoms with van der Waals surface area (Å²) >= 11 is 1.32. The largest absolute Gasteiger partial charge is 0.384 e. The predicted molar refractivity (Wildman–Crippen MR) is 98.7 cm³/mol. The van der Waals surface area contributed by atoms with Crippen molar-refractivity contribution >= 4 is 23.5 Å². The fourth-order valence-electron chi connectivity index (χ4n) is 2.30. The Bertz CT molecular complexity index is 678. The average Bonchev–Trinajstić information content (AvgIpc) is 2.49. The summed E-state index contributed by atoms with van der Waals surface area (Å²) in [4.78, 5) is 23.1. The fraction of sp³-hybridized carbons (Fsp3) is 0.389. The SMILES string of the molecule is Cc1cc(N)nc(SCC(=O)N(Cc2ccccc2)C(C)(C)C)n1. The van der Waals surface area contributed by atoms with Crippen LogP contribution in [0.25, 0.3) is 0 Å². The molecule has 0 aliphatic heterocycles. The zero-order valence-corrected chi connectivity index (χ0v) is 15.4. The highest BCUT2D eigenvalue weighted by Gasteiger charge is 2.26. The molecule has 24 heavy (non-hydrogen) atoms. The Balaban J connectivity index is 2.08. The molecule has 0 atom stereocenters. The number of aryl methyl sites for hydroxylation is 1. The van der Waals surface area contributed by atoms with Crippen LogP contribution in [0, 0.1) is 6.92 Å². The standard InChI is InChI=1S/C18H24N4OS/c1-13-10-15(19)21-17(20-13)24-12-16(23)22(18(2,3)4)11-14-8-6-5-7-9-14/h5-10H,11-12H2,1-4H3,(H2,19,20,21). The summed E-state index contributed by atoms with van der Waals surface area (Å²) in [6.45, 7) is 8.57. The van der Waals surface area contributed by atoms with Gasteiger partial charge in [0.25, 0.3) is 0 Å². The van der Waals surface area contributed by atoms with Crippen LogP contribution in [0.2, 0.25) is 0 Å². The van der Waals surface area contributed by atoms with E-state index in [4.69, 9.17) is 5.73 Å². The van der Waals surface area contributed by atoms with E-state index in [2.05, 4.69) is 9.97 Å². The monoisotopic (exact) mass is 344 g/mol. The van der Waals surface area contributed by atoms with Crippen molar-refractivity contribution in [3.05, 3.63) is 47.7 Å². The van der Waals surface area contributed by atoms with E-state index in [-0.39, 0.29) is 17.2 Å². The Labute approximate surface area is 147 Å². The molecular weight excluding hydrogens is 320 g/mol. The van der Waals surface area contributed by atoms with E-state index in [1.807, 2.05) is 62.9 Å². The molecule has 0 radical (unpaired) electrons. The second kappa shape index (κ2) is 7.66. The average molecular weight is 344 g/mol. The molecule has 0 bridgehead atoms. The van der Waals surface area contributed by atoms with Gasteiger partial charge in [0, 0.05) is 23.8 Å². The van der Waals surface area contributed by atoms with E-state index in [9.17, 15) is 4.79 Å². The van der Waals surface area contributed by atoms with Crippen LogP contribution in [-0.4, -0.2) is 32.1 Å². The van der Waals surface area contributed by atoms with E-state index in [0.29, 0.717) is 17.5 Å². The molecule has 1 amide bonds. The summed E-state index contributed by atoms with van der Waals surface area (Å²) < 4.78 is 0. The quantitative estimate of drug-likeness (QED) is 0.665. The molecular formula is C18H24N4OS. The minimum Gasteiger partial charge on any atom is -0.384 e. The second-order valence-corrected chi connectivity index (χ2v) is 7.58. The number of nitrogens with zero attached hydrogens (tertiary/aromatic N) is 3. The van der Waals surface area contributed by atoms with Crippen LogP contribution in [0.15, 0.2) is 41.6 Å². The first-order valence-corrected chi connectivity index (χ1v) is 8.82. The Morgan fingerprint density at radius 1 is 1.21 bits per heavy atom. The highest BCUT2D eigenvalue weighted by molar-refractivity contribution is 7.99. The van der Waals surface area contributed by atoms with E-state index < -0.39 is 0 Å². The summed E-state index contributed by atoms with van der Waals surface area (Å²) in [5.41, 5.74) is 7.39.